The van der Waals surface area contributed by atoms with Gasteiger partial charge in [0, 0.05) is 17.8 Å². The van der Waals surface area contributed by atoms with Crippen molar-refractivity contribution in [2.24, 2.45) is 0 Å². The summed E-state index contributed by atoms with van der Waals surface area (Å²) >= 11 is 0. The topological polar surface area (TPSA) is 82.2 Å². The van der Waals surface area contributed by atoms with Crippen LogP contribution < -0.4 is 10.1 Å². The average Bonchev–Trinajstić information content (AvgIpc) is 3.23. The average molecular weight is 396 g/mol. The third kappa shape index (κ3) is 4.34. The van der Waals surface area contributed by atoms with E-state index in [1.165, 1.54) is 5.56 Å². The molecule has 1 unspecified atom stereocenters. The van der Waals surface area contributed by atoms with Crippen LogP contribution >= 0.6 is 0 Å². The van der Waals surface area contributed by atoms with E-state index >= 15 is 0 Å². The lowest BCUT2D eigenvalue weighted by atomic mass is 10.1. The van der Waals surface area contributed by atoms with Crippen LogP contribution in [-0.4, -0.2) is 20.8 Å². The van der Waals surface area contributed by atoms with Gasteiger partial charge in [-0.15, -0.1) is 0 Å². The van der Waals surface area contributed by atoms with Crippen LogP contribution in [0.15, 0.2) is 28.9 Å². The number of rotatable bonds is 7. The second kappa shape index (κ2) is 8.51. The van der Waals surface area contributed by atoms with Crippen molar-refractivity contribution in [2.45, 2.75) is 60.7 Å². The summed E-state index contributed by atoms with van der Waals surface area (Å²) in [6.45, 7) is 12.8. The minimum atomic E-state index is -0.294. The van der Waals surface area contributed by atoms with Gasteiger partial charge in [0.15, 0.2) is 5.69 Å². The molecule has 3 aromatic rings. The Morgan fingerprint density at radius 2 is 2.03 bits per heavy atom. The zero-order valence-corrected chi connectivity index (χ0v) is 17.9. The SMILES string of the molecule is CCn1ncc(C(C)NC(=O)c2noc(C)c2COc2ccc(C)cc2C)c1C. The highest BCUT2D eigenvalue weighted by molar-refractivity contribution is 5.94. The van der Waals surface area contributed by atoms with Gasteiger partial charge in [-0.1, -0.05) is 22.9 Å². The zero-order valence-electron chi connectivity index (χ0n) is 17.9. The van der Waals surface area contributed by atoms with Gasteiger partial charge in [-0.2, -0.15) is 5.10 Å². The number of carbonyl (C=O) groups is 1. The Kier molecular flexibility index (Phi) is 6.06. The summed E-state index contributed by atoms with van der Waals surface area (Å²) in [7, 11) is 0. The van der Waals surface area contributed by atoms with E-state index in [-0.39, 0.29) is 24.2 Å². The Labute approximate surface area is 171 Å². The molecule has 2 heterocycles. The molecule has 0 bridgehead atoms. The van der Waals surface area contributed by atoms with Crippen molar-refractivity contribution in [3.8, 4) is 5.75 Å². The van der Waals surface area contributed by atoms with Gasteiger partial charge < -0.3 is 14.6 Å². The number of benzene rings is 1. The number of aromatic nitrogens is 3. The predicted molar refractivity (Wildman–Crippen MR) is 110 cm³/mol. The van der Waals surface area contributed by atoms with Gasteiger partial charge in [0.2, 0.25) is 0 Å². The Bertz CT molecular complexity index is 1020. The zero-order chi connectivity index (χ0) is 21.1. The first-order chi connectivity index (χ1) is 13.8. The van der Waals surface area contributed by atoms with Gasteiger partial charge in [-0.25, -0.2) is 0 Å². The lowest BCUT2D eigenvalue weighted by molar-refractivity contribution is 0.0928. The highest BCUT2D eigenvalue weighted by Crippen LogP contribution is 2.23. The molecule has 0 aliphatic carbocycles. The molecule has 0 aliphatic heterocycles. The largest absolute Gasteiger partial charge is 0.488 e. The second-order valence-electron chi connectivity index (χ2n) is 7.32. The molecular formula is C22H28N4O3. The third-order valence-electron chi connectivity index (χ3n) is 5.16. The summed E-state index contributed by atoms with van der Waals surface area (Å²) in [5.74, 6) is 1.05. The summed E-state index contributed by atoms with van der Waals surface area (Å²) in [5.41, 5.74) is 5.13. The second-order valence-corrected chi connectivity index (χ2v) is 7.32. The molecular weight excluding hydrogens is 368 g/mol. The number of amides is 1. The van der Waals surface area contributed by atoms with Gasteiger partial charge in [0.05, 0.1) is 17.8 Å². The van der Waals surface area contributed by atoms with Crippen LogP contribution in [0, 0.1) is 27.7 Å². The van der Waals surface area contributed by atoms with Crippen LogP contribution in [0.2, 0.25) is 0 Å². The number of nitrogens with zero attached hydrogens (tertiary/aromatic N) is 3. The van der Waals surface area contributed by atoms with E-state index in [2.05, 4.69) is 21.6 Å². The molecule has 29 heavy (non-hydrogen) atoms. The summed E-state index contributed by atoms with van der Waals surface area (Å²) in [6, 6.07) is 5.79. The maximum Gasteiger partial charge on any atom is 0.274 e. The van der Waals surface area contributed by atoms with Gasteiger partial charge >= 0.3 is 0 Å². The molecule has 2 aromatic heterocycles. The standard InChI is InChI=1S/C22H28N4O3/c1-7-26-16(5)18(11-23-26)15(4)24-22(27)21-19(17(6)29-25-21)12-28-20-9-8-13(2)10-14(20)3/h8-11,15H,7,12H2,1-6H3,(H,24,27). The van der Waals surface area contributed by atoms with E-state index in [4.69, 9.17) is 9.26 Å². The molecule has 0 aliphatic rings. The van der Waals surface area contributed by atoms with Crippen LogP contribution in [0.4, 0.5) is 0 Å². The van der Waals surface area contributed by atoms with E-state index in [0.717, 1.165) is 29.1 Å². The van der Waals surface area contributed by atoms with Crippen molar-refractivity contribution in [3.63, 3.8) is 0 Å². The van der Waals surface area contributed by atoms with Crippen LogP contribution in [0.1, 0.15) is 64.1 Å². The first-order valence-corrected chi connectivity index (χ1v) is 9.80. The highest BCUT2D eigenvalue weighted by Gasteiger charge is 2.23. The molecule has 7 nitrogen and oxygen atoms in total. The molecule has 1 N–H and O–H groups in total. The van der Waals surface area contributed by atoms with E-state index in [1.54, 1.807) is 13.1 Å². The highest BCUT2D eigenvalue weighted by atomic mass is 16.5. The van der Waals surface area contributed by atoms with E-state index in [0.29, 0.717) is 11.3 Å². The van der Waals surface area contributed by atoms with Crippen LogP contribution in [-0.2, 0) is 13.2 Å². The fraction of sp³-hybridized carbons (Fsp3) is 0.409. The molecule has 3 rings (SSSR count). The Morgan fingerprint density at radius 3 is 2.69 bits per heavy atom. The number of carbonyl (C=O) groups excluding carboxylic acids is 1. The lowest BCUT2D eigenvalue weighted by Crippen LogP contribution is -2.28. The van der Waals surface area contributed by atoms with Gasteiger partial charge in [0.1, 0.15) is 18.1 Å². The number of ether oxygens (including phenoxy) is 1. The minimum Gasteiger partial charge on any atom is -0.488 e. The van der Waals surface area contributed by atoms with E-state index in [9.17, 15) is 4.79 Å². The molecule has 154 valence electrons. The quantitative estimate of drug-likeness (QED) is 0.647. The lowest BCUT2D eigenvalue weighted by Gasteiger charge is -2.14. The van der Waals surface area contributed by atoms with Crippen molar-refractivity contribution in [2.75, 3.05) is 0 Å². The summed E-state index contributed by atoms with van der Waals surface area (Å²) in [6.07, 6.45) is 1.79. The number of aryl methyl sites for hydroxylation is 4. The Balaban J connectivity index is 1.74. The molecule has 0 spiro atoms. The molecule has 1 amide bonds. The van der Waals surface area contributed by atoms with E-state index < -0.39 is 0 Å². The van der Waals surface area contributed by atoms with Crippen LogP contribution in [0.5, 0.6) is 5.75 Å². The summed E-state index contributed by atoms with van der Waals surface area (Å²) < 4.78 is 13.1. The number of hydrogen-bond acceptors (Lipinski definition) is 5. The van der Waals surface area contributed by atoms with Gasteiger partial charge in [0.25, 0.3) is 5.91 Å². The fourth-order valence-corrected chi connectivity index (χ4v) is 3.40. The van der Waals surface area contributed by atoms with Crippen molar-refractivity contribution >= 4 is 5.91 Å². The van der Waals surface area contributed by atoms with Crippen molar-refractivity contribution in [3.05, 3.63) is 63.8 Å². The summed E-state index contributed by atoms with van der Waals surface area (Å²) in [5, 5.41) is 11.3. The number of hydrogen-bond donors (Lipinski definition) is 1. The Hall–Kier alpha value is -3.09. The first-order valence-electron chi connectivity index (χ1n) is 9.80. The minimum absolute atomic E-state index is 0.201. The fourth-order valence-electron chi connectivity index (χ4n) is 3.40. The number of nitrogens with one attached hydrogen (secondary N) is 1. The Morgan fingerprint density at radius 1 is 1.28 bits per heavy atom. The smallest absolute Gasteiger partial charge is 0.274 e. The van der Waals surface area contributed by atoms with Crippen molar-refractivity contribution in [1.29, 1.82) is 0 Å². The molecule has 1 aromatic carbocycles. The maximum atomic E-state index is 12.9. The van der Waals surface area contributed by atoms with Gasteiger partial charge in [-0.05, 0) is 53.2 Å². The first kappa shape index (κ1) is 20.6. The van der Waals surface area contributed by atoms with Crippen LogP contribution in [0.3, 0.4) is 0 Å². The van der Waals surface area contributed by atoms with Crippen LogP contribution in [0.25, 0.3) is 0 Å². The maximum absolute atomic E-state index is 12.9. The third-order valence-corrected chi connectivity index (χ3v) is 5.16. The summed E-state index contributed by atoms with van der Waals surface area (Å²) in [4.78, 5) is 12.9. The molecule has 0 saturated heterocycles. The molecule has 0 radical (unpaired) electrons. The normalized spacial score (nSPS) is 12.1. The molecule has 0 fully saturated rings. The van der Waals surface area contributed by atoms with E-state index in [1.807, 2.05) is 51.4 Å². The molecule has 1 atom stereocenters. The van der Waals surface area contributed by atoms with Crippen molar-refractivity contribution < 1.29 is 14.1 Å². The van der Waals surface area contributed by atoms with Crippen molar-refractivity contribution in [1.82, 2.24) is 20.3 Å². The molecule has 0 saturated carbocycles. The monoisotopic (exact) mass is 396 g/mol. The predicted octanol–water partition coefficient (Wildman–Crippen LogP) is 4.19. The van der Waals surface area contributed by atoms with Gasteiger partial charge in [-0.3, -0.25) is 9.48 Å². The molecule has 7 heteroatoms.